The van der Waals surface area contributed by atoms with Gasteiger partial charge in [-0.05, 0) is 25.9 Å². The Labute approximate surface area is 332 Å². The van der Waals surface area contributed by atoms with E-state index in [0.29, 0.717) is 52.4 Å². The maximum atomic E-state index is 11.1. The summed E-state index contributed by atoms with van der Waals surface area (Å²) in [5, 5.41) is 46.5. The van der Waals surface area contributed by atoms with Gasteiger partial charge in [0, 0.05) is 78.5 Å². The van der Waals surface area contributed by atoms with Crippen molar-refractivity contribution in [1.82, 2.24) is 35.6 Å². The van der Waals surface area contributed by atoms with Gasteiger partial charge in [0.15, 0.2) is 0 Å². The fourth-order valence-electron chi connectivity index (χ4n) is 4.38. The van der Waals surface area contributed by atoms with Crippen molar-refractivity contribution in [3.05, 3.63) is 0 Å². The molecule has 9 N–H and O–H groups in total. The Morgan fingerprint density at radius 3 is 0.896 bits per heavy atom. The number of hydrogen-bond acceptors (Lipinski definition) is 14. The van der Waals surface area contributed by atoms with Gasteiger partial charge in [0.1, 0.15) is 0 Å². The third kappa shape index (κ3) is 38.3. The van der Waals surface area contributed by atoms with Crippen LogP contribution in [0.15, 0.2) is 0 Å². The minimum Gasteiger partial charge on any atom is -0.870 e. The second-order valence-electron chi connectivity index (χ2n) is 10.3. The second-order valence-corrected chi connectivity index (χ2v) is 10.5. The van der Waals surface area contributed by atoms with Crippen LogP contribution in [0.2, 0.25) is 0 Å². The summed E-state index contributed by atoms with van der Waals surface area (Å²) in [5.74, 6) is -4.09. The third-order valence-electron chi connectivity index (χ3n) is 6.58. The van der Waals surface area contributed by atoms with Crippen molar-refractivity contribution in [2.45, 2.75) is 19.3 Å². The van der Waals surface area contributed by atoms with E-state index >= 15 is 0 Å². The molecule has 21 heteroatoms. The number of rotatable bonds is 9. The van der Waals surface area contributed by atoms with Gasteiger partial charge < -0.3 is 52.1 Å². The van der Waals surface area contributed by atoms with Crippen molar-refractivity contribution >= 4 is 41.8 Å². The zero-order valence-electron chi connectivity index (χ0n) is 28.4. The summed E-state index contributed by atoms with van der Waals surface area (Å²) in [6, 6.07) is 0. The predicted molar refractivity (Wildman–Crippen MR) is 169 cm³/mol. The van der Waals surface area contributed by atoms with Gasteiger partial charge in [0.2, 0.25) is 0 Å². The molecule has 0 amide bonds. The molecule has 0 atom stereocenters. The molecule has 0 unspecified atom stereocenters. The molecule has 48 heavy (non-hydrogen) atoms. The zero-order valence-corrected chi connectivity index (χ0v) is 33.2. The van der Waals surface area contributed by atoms with E-state index < -0.39 is 23.9 Å². The maximum absolute atomic E-state index is 11.1. The molecule has 2 aliphatic rings. The van der Waals surface area contributed by atoms with E-state index in [1.54, 1.807) is 19.6 Å². The first kappa shape index (κ1) is 56.8. The van der Waals surface area contributed by atoms with E-state index in [1.165, 1.54) is 38.6 Å². The fourth-order valence-corrected chi connectivity index (χ4v) is 4.38. The number of carboxylic acids is 4. The van der Waals surface area contributed by atoms with Crippen LogP contribution in [0.3, 0.4) is 0 Å². The molecular formula is C27H53ClN7Na2O11-. The molecule has 272 valence electrons. The Balaban J connectivity index is -0.000000258. The molecule has 2 fully saturated rings. The molecule has 0 radical (unpaired) electrons. The van der Waals surface area contributed by atoms with Gasteiger partial charge in [0.25, 0.3) is 0 Å². The van der Waals surface area contributed by atoms with Crippen LogP contribution < -0.4 is 75.1 Å². The van der Waals surface area contributed by atoms with Crippen LogP contribution in [-0.2, 0) is 24.0 Å². The van der Waals surface area contributed by atoms with Gasteiger partial charge in [-0.2, -0.15) is 11.6 Å². The summed E-state index contributed by atoms with van der Waals surface area (Å²) < 4.78 is 0. The molecule has 0 bridgehead atoms. The smallest absolute Gasteiger partial charge is 0.870 e. The van der Waals surface area contributed by atoms with Crippen LogP contribution in [0.1, 0.15) is 19.3 Å². The first-order valence-electron chi connectivity index (χ1n) is 14.9. The molecule has 2 saturated heterocycles. The minimum absolute atomic E-state index is 0. The minimum atomic E-state index is -1.02. The molecule has 0 aromatic rings. The Hall–Kier alpha value is -0.520. The molecule has 0 saturated carbocycles. The summed E-state index contributed by atoms with van der Waals surface area (Å²) in [7, 11) is 0. The average Bonchev–Trinajstić information content (AvgIpc) is 2.94. The number of carboxylic acid groups (broad SMARTS) is 4. The first-order valence-corrected chi connectivity index (χ1v) is 15.4. The molecule has 18 nitrogen and oxygen atoms in total. The Kier molecular flexibility index (Phi) is 46.5. The van der Waals surface area contributed by atoms with Crippen LogP contribution in [-0.4, -0.2) is 205 Å². The molecule has 2 rings (SSSR count). The van der Waals surface area contributed by atoms with Crippen LogP contribution in [0.5, 0.6) is 0 Å². The zero-order chi connectivity index (χ0) is 33.0. The molecule has 0 aliphatic carbocycles. The molecule has 2 heterocycles. The van der Waals surface area contributed by atoms with E-state index in [0.717, 1.165) is 26.2 Å². The molecule has 0 aromatic carbocycles. The number of halogens is 1. The van der Waals surface area contributed by atoms with E-state index in [2.05, 4.69) is 16.0 Å². The van der Waals surface area contributed by atoms with Crippen LogP contribution in [0.4, 0.5) is 0 Å². The number of nitrogens with one attached hydrogen (secondary N) is 3. The van der Waals surface area contributed by atoms with Crippen molar-refractivity contribution in [1.29, 1.82) is 0 Å². The average molecular weight is 733 g/mol. The van der Waals surface area contributed by atoms with Gasteiger partial charge in [-0.15, -0.1) is 0 Å². The standard InChI is InChI=1S/C16H28N4O8.C9H21N3.C2H2ClO.2Na.2H2O/c21-13(22)9-17-1-2-18(10-14(23)24)5-6-20(12-16(27)28)8-7-19(4-3-17)11-15(25)26;1-2-4-10-6-8-12-9-7-11-5-3-1;3-1-2-4;;;;/h1-12H2,(H,21,22)(H,23,24)(H,25,26)(H,27,28);10-12H,1-9H2;1H2;;;2*1H2/q;;-1;2*+1;;/p-2. The van der Waals surface area contributed by atoms with E-state index in [9.17, 15) is 19.2 Å². The summed E-state index contributed by atoms with van der Waals surface area (Å²) in [4.78, 5) is 59.8. The van der Waals surface area contributed by atoms with Crippen molar-refractivity contribution in [3.8, 4) is 0 Å². The van der Waals surface area contributed by atoms with Gasteiger partial charge >= 0.3 is 83.0 Å². The van der Waals surface area contributed by atoms with Gasteiger partial charge in [-0.25, -0.2) is 6.29 Å². The van der Waals surface area contributed by atoms with Crippen molar-refractivity contribution < 1.29 is 114 Å². The maximum Gasteiger partial charge on any atom is 1.00 e. The van der Waals surface area contributed by atoms with E-state index in [1.807, 2.05) is 0 Å². The predicted octanol–water partition coefficient (Wildman–Crippen LogP) is -8.53. The van der Waals surface area contributed by atoms with E-state index in [4.69, 9.17) is 36.8 Å². The third-order valence-corrected chi connectivity index (χ3v) is 6.69. The SMILES string of the molecule is C1CCNCCNCCNCC1.O=C(O)CN1CCN(CC(=O)O)CCN(CC(=O)O)CCN(CC(=O)O)CC1.O=[C-]CCl.[Na+].[Na+].[OH-].[OH-]. The van der Waals surface area contributed by atoms with Gasteiger partial charge in [0.05, 0.1) is 26.2 Å². The van der Waals surface area contributed by atoms with Crippen molar-refractivity contribution in [2.75, 3.05) is 124 Å². The number of alkyl halides is 1. The molecule has 0 spiro atoms. The number of nitrogens with zero attached hydrogens (tertiary/aromatic N) is 4. The van der Waals surface area contributed by atoms with Crippen LogP contribution in [0, 0.1) is 0 Å². The Morgan fingerprint density at radius 2 is 0.708 bits per heavy atom. The van der Waals surface area contributed by atoms with Gasteiger partial charge in [-0.3, -0.25) is 38.8 Å². The quantitative estimate of drug-likeness (QED) is 0.0658. The molecule has 2 aliphatic heterocycles. The summed E-state index contributed by atoms with van der Waals surface area (Å²) >= 11 is 4.76. The van der Waals surface area contributed by atoms with Crippen LogP contribution in [0.25, 0.3) is 0 Å². The van der Waals surface area contributed by atoms with Crippen molar-refractivity contribution in [2.24, 2.45) is 0 Å². The number of carbonyl (C=O) groups is 4. The topological polar surface area (TPSA) is 275 Å². The van der Waals surface area contributed by atoms with Crippen molar-refractivity contribution in [3.63, 3.8) is 0 Å². The second kappa shape index (κ2) is 39.3. The summed E-state index contributed by atoms with van der Waals surface area (Å²) in [6.45, 7) is 8.31. The molecular weight excluding hydrogens is 680 g/mol. The van der Waals surface area contributed by atoms with Gasteiger partial charge in [-0.1, -0.05) is 12.3 Å². The first-order chi connectivity index (χ1) is 21.1. The normalized spacial score (nSPS) is 17.9. The molecule has 0 aromatic heterocycles. The number of carbonyl (C=O) groups excluding carboxylic acids is 1. The Morgan fingerprint density at radius 1 is 0.500 bits per heavy atom. The largest absolute Gasteiger partial charge is 1.00 e. The number of aliphatic carboxylic acids is 4. The van der Waals surface area contributed by atoms with Crippen LogP contribution >= 0.6 is 11.6 Å². The summed E-state index contributed by atoms with van der Waals surface area (Å²) in [5.41, 5.74) is 0. The fraction of sp³-hybridized carbons (Fsp3) is 0.815. The Bertz CT molecular complexity index is 675. The monoisotopic (exact) mass is 732 g/mol. The summed E-state index contributed by atoms with van der Waals surface area (Å²) in [6.07, 6.45) is 5.44. The number of hydrogen-bond donors (Lipinski definition) is 7. The van der Waals surface area contributed by atoms with E-state index in [-0.39, 0.29) is 102 Å².